The Hall–Kier alpha value is -1.40. The van der Waals surface area contributed by atoms with Gasteiger partial charge in [-0.25, -0.2) is 0 Å². The zero-order chi connectivity index (χ0) is 18.5. The third-order valence-corrected chi connectivity index (χ3v) is 4.15. The fourth-order valence-corrected chi connectivity index (χ4v) is 2.76. The summed E-state index contributed by atoms with van der Waals surface area (Å²) < 4.78 is 5.68. The third-order valence-electron chi connectivity index (χ3n) is 3.45. The average molecular weight is 368 g/mol. The molecule has 25 heavy (non-hydrogen) atoms. The number of hydrogen-bond acceptors (Lipinski definition) is 4. The van der Waals surface area contributed by atoms with Crippen molar-refractivity contribution < 1.29 is 9.84 Å². The van der Waals surface area contributed by atoms with Crippen LogP contribution >= 0.6 is 11.8 Å². The molecule has 3 N–H and O–H groups in total. The first kappa shape index (κ1) is 21.6. The molecule has 0 heterocycles. The van der Waals surface area contributed by atoms with E-state index in [2.05, 4.69) is 21.9 Å². The molecule has 0 saturated heterocycles. The number of nitrogens with zero attached hydrogens (tertiary/aromatic N) is 1. The average Bonchev–Trinajstić information content (AvgIpc) is 2.58. The molecule has 5 nitrogen and oxygen atoms in total. The lowest BCUT2D eigenvalue weighted by Crippen LogP contribution is -2.38. The monoisotopic (exact) mass is 367 g/mol. The summed E-state index contributed by atoms with van der Waals surface area (Å²) in [7, 11) is 0. The predicted octanol–water partition coefficient (Wildman–Crippen LogP) is 3.21. The van der Waals surface area contributed by atoms with Crippen molar-refractivity contribution >= 4 is 17.7 Å². The minimum atomic E-state index is -0.650. The van der Waals surface area contributed by atoms with Gasteiger partial charge >= 0.3 is 0 Å². The molecule has 1 unspecified atom stereocenters. The molecule has 1 atom stereocenters. The number of aliphatic hydroxyl groups excluding tert-OH is 1. The normalized spacial score (nSPS) is 13.0. The van der Waals surface area contributed by atoms with Gasteiger partial charge in [0, 0.05) is 13.1 Å². The highest BCUT2D eigenvalue weighted by Gasteiger charge is 2.09. The van der Waals surface area contributed by atoms with E-state index in [4.69, 9.17) is 4.74 Å². The van der Waals surface area contributed by atoms with Crippen molar-refractivity contribution in [1.82, 2.24) is 10.6 Å². The van der Waals surface area contributed by atoms with Gasteiger partial charge in [-0.1, -0.05) is 12.1 Å². The van der Waals surface area contributed by atoms with E-state index in [1.54, 1.807) is 0 Å². The van der Waals surface area contributed by atoms with Gasteiger partial charge in [0.1, 0.15) is 5.75 Å². The van der Waals surface area contributed by atoms with Crippen LogP contribution in [0.4, 0.5) is 0 Å². The van der Waals surface area contributed by atoms with Crippen molar-refractivity contribution in [2.45, 2.75) is 45.8 Å². The molecule has 0 saturated carbocycles. The van der Waals surface area contributed by atoms with E-state index in [0.717, 1.165) is 36.8 Å². The molecule has 0 aliphatic heterocycles. The van der Waals surface area contributed by atoms with Gasteiger partial charge in [-0.3, -0.25) is 4.99 Å². The van der Waals surface area contributed by atoms with Crippen LogP contribution in [0.15, 0.2) is 29.3 Å². The van der Waals surface area contributed by atoms with Crippen molar-refractivity contribution in [2.75, 3.05) is 31.6 Å². The van der Waals surface area contributed by atoms with Crippen LogP contribution in [0.5, 0.6) is 5.75 Å². The summed E-state index contributed by atoms with van der Waals surface area (Å²) >= 11 is 1.87. The zero-order valence-corrected chi connectivity index (χ0v) is 16.7. The lowest BCUT2D eigenvalue weighted by molar-refractivity contribution is 0.185. The van der Waals surface area contributed by atoms with Crippen LogP contribution in [-0.4, -0.2) is 48.8 Å². The number of aliphatic hydroxyl groups is 1. The van der Waals surface area contributed by atoms with Gasteiger partial charge < -0.3 is 20.5 Å². The molecule has 0 fully saturated rings. The first-order valence-corrected chi connectivity index (χ1v) is 10.4. The predicted molar refractivity (Wildman–Crippen MR) is 109 cm³/mol. The molecule has 1 aromatic rings. The molecular weight excluding hydrogens is 334 g/mol. The lowest BCUT2D eigenvalue weighted by Gasteiger charge is -2.15. The van der Waals surface area contributed by atoms with Crippen LogP contribution in [0.3, 0.4) is 0 Å². The number of unbranched alkanes of at least 4 members (excludes halogenated alkanes) is 1. The fourth-order valence-electron chi connectivity index (χ4n) is 2.27. The number of nitrogens with one attached hydrogen (secondary N) is 2. The summed E-state index contributed by atoms with van der Waals surface area (Å²) in [6, 6.07) is 7.58. The SMILES string of the molecule is CCNC(=NCC(O)c1cccc(OC(C)C)c1)NCCCCSC. The highest BCUT2D eigenvalue weighted by atomic mass is 32.2. The largest absolute Gasteiger partial charge is 0.491 e. The summed E-state index contributed by atoms with van der Waals surface area (Å²) in [6.45, 7) is 8.01. The van der Waals surface area contributed by atoms with Gasteiger partial charge in [-0.15, -0.1) is 0 Å². The Labute approximate surface area is 156 Å². The maximum atomic E-state index is 10.4. The van der Waals surface area contributed by atoms with Crippen LogP contribution in [0, 0.1) is 0 Å². The maximum Gasteiger partial charge on any atom is 0.191 e. The van der Waals surface area contributed by atoms with Crippen LogP contribution in [0.2, 0.25) is 0 Å². The fraction of sp³-hybridized carbons (Fsp3) is 0.632. The Balaban J connectivity index is 2.56. The number of benzene rings is 1. The number of hydrogen-bond donors (Lipinski definition) is 3. The topological polar surface area (TPSA) is 65.9 Å². The van der Waals surface area contributed by atoms with Gasteiger partial charge in [0.15, 0.2) is 5.96 Å². The second kappa shape index (κ2) is 12.9. The first-order chi connectivity index (χ1) is 12.1. The molecule has 0 radical (unpaired) electrons. The van der Waals surface area contributed by atoms with E-state index in [1.165, 1.54) is 12.2 Å². The molecule has 6 heteroatoms. The summed E-state index contributed by atoms with van der Waals surface area (Å²) in [5.74, 6) is 2.71. The Morgan fingerprint density at radius 2 is 2.08 bits per heavy atom. The Kier molecular flexibility index (Phi) is 11.2. The lowest BCUT2D eigenvalue weighted by atomic mass is 10.1. The van der Waals surface area contributed by atoms with Crippen molar-refractivity contribution in [3.05, 3.63) is 29.8 Å². The van der Waals surface area contributed by atoms with Gasteiger partial charge in [-0.2, -0.15) is 11.8 Å². The number of guanidine groups is 1. The van der Waals surface area contributed by atoms with E-state index in [0.29, 0.717) is 6.54 Å². The quantitative estimate of drug-likeness (QED) is 0.318. The van der Waals surface area contributed by atoms with E-state index >= 15 is 0 Å². The van der Waals surface area contributed by atoms with E-state index in [9.17, 15) is 5.11 Å². The molecule has 0 amide bonds. The molecule has 0 spiro atoms. The summed E-state index contributed by atoms with van der Waals surface area (Å²) in [5.41, 5.74) is 0.817. The first-order valence-electron chi connectivity index (χ1n) is 9.02. The van der Waals surface area contributed by atoms with Gasteiger partial charge in [-0.05, 0) is 63.3 Å². The smallest absolute Gasteiger partial charge is 0.191 e. The third kappa shape index (κ3) is 9.60. The Morgan fingerprint density at radius 1 is 1.28 bits per heavy atom. The molecule has 0 aliphatic rings. The Bertz CT molecular complexity index is 509. The maximum absolute atomic E-state index is 10.4. The highest BCUT2D eigenvalue weighted by Crippen LogP contribution is 2.20. The molecule has 1 aromatic carbocycles. The number of ether oxygens (including phenoxy) is 1. The van der Waals surface area contributed by atoms with Crippen molar-refractivity contribution in [3.8, 4) is 5.75 Å². The summed E-state index contributed by atoms with van der Waals surface area (Å²) in [5, 5.41) is 17.0. The zero-order valence-electron chi connectivity index (χ0n) is 15.9. The number of thioether (sulfide) groups is 1. The Morgan fingerprint density at radius 3 is 2.76 bits per heavy atom. The van der Waals surface area contributed by atoms with E-state index < -0.39 is 6.10 Å². The van der Waals surface area contributed by atoms with Crippen LogP contribution in [0.1, 0.15) is 45.3 Å². The molecule has 0 bridgehead atoms. The van der Waals surface area contributed by atoms with Gasteiger partial charge in [0.05, 0.1) is 18.8 Å². The van der Waals surface area contributed by atoms with Gasteiger partial charge in [0.25, 0.3) is 0 Å². The van der Waals surface area contributed by atoms with Crippen molar-refractivity contribution in [2.24, 2.45) is 4.99 Å². The van der Waals surface area contributed by atoms with E-state index in [1.807, 2.05) is 56.8 Å². The highest BCUT2D eigenvalue weighted by molar-refractivity contribution is 7.98. The van der Waals surface area contributed by atoms with Crippen molar-refractivity contribution in [3.63, 3.8) is 0 Å². The van der Waals surface area contributed by atoms with E-state index in [-0.39, 0.29) is 6.10 Å². The molecule has 0 aromatic heterocycles. The summed E-state index contributed by atoms with van der Waals surface area (Å²) in [6.07, 6.45) is 3.90. The molecule has 1 rings (SSSR count). The minimum Gasteiger partial charge on any atom is -0.491 e. The second-order valence-electron chi connectivity index (χ2n) is 6.10. The number of aliphatic imine (C=N–C) groups is 1. The minimum absolute atomic E-state index is 0.112. The van der Waals surface area contributed by atoms with Crippen LogP contribution in [0.25, 0.3) is 0 Å². The number of rotatable bonds is 11. The van der Waals surface area contributed by atoms with Crippen LogP contribution < -0.4 is 15.4 Å². The van der Waals surface area contributed by atoms with Gasteiger partial charge in [0.2, 0.25) is 0 Å². The molecule has 0 aliphatic carbocycles. The molecular formula is C19H33N3O2S. The standard InChI is InChI=1S/C19H33N3O2S/c1-5-20-19(21-11-6-7-12-25-4)22-14-18(23)16-9-8-10-17(13-16)24-15(2)3/h8-10,13,15,18,23H,5-7,11-12,14H2,1-4H3,(H2,20,21,22). The van der Waals surface area contributed by atoms with Crippen molar-refractivity contribution in [1.29, 1.82) is 0 Å². The van der Waals surface area contributed by atoms with Crippen LogP contribution in [-0.2, 0) is 0 Å². The molecule has 142 valence electrons. The summed E-state index contributed by atoms with van der Waals surface area (Å²) in [4.78, 5) is 4.50. The second-order valence-corrected chi connectivity index (χ2v) is 7.09.